The largest absolute Gasteiger partial charge is 0.451 e. The van der Waals surface area contributed by atoms with Gasteiger partial charge < -0.3 is 20.1 Å². The molecule has 2 aromatic heterocycles. The molecule has 0 aromatic carbocycles. The van der Waals surface area contributed by atoms with E-state index in [0.717, 1.165) is 22.6 Å². The molecule has 10 heteroatoms. The van der Waals surface area contributed by atoms with Crippen LogP contribution in [0.2, 0.25) is 0 Å². The summed E-state index contributed by atoms with van der Waals surface area (Å²) in [4.78, 5) is 50.2. The number of amides is 2. The first-order valence-electron chi connectivity index (χ1n) is 10.4. The molecular weight excluding hydrogens is 452 g/mol. The van der Waals surface area contributed by atoms with E-state index in [9.17, 15) is 19.2 Å². The van der Waals surface area contributed by atoms with E-state index in [2.05, 4.69) is 10.6 Å². The van der Waals surface area contributed by atoms with Gasteiger partial charge in [0, 0.05) is 21.8 Å². The van der Waals surface area contributed by atoms with Crippen LogP contribution in [0.4, 0.5) is 0 Å². The molecule has 0 saturated heterocycles. The van der Waals surface area contributed by atoms with E-state index >= 15 is 0 Å². The lowest BCUT2D eigenvalue weighted by Crippen LogP contribution is -2.35. The van der Waals surface area contributed by atoms with Gasteiger partial charge in [0.15, 0.2) is 13.2 Å². The average Bonchev–Trinajstić information content (AvgIpc) is 3.45. The number of rotatable bonds is 11. The molecule has 0 radical (unpaired) electrons. The van der Waals surface area contributed by atoms with Gasteiger partial charge in [-0.25, -0.2) is 9.59 Å². The minimum absolute atomic E-state index is 0.0172. The number of hydrogen-bond acceptors (Lipinski definition) is 8. The Hall–Kier alpha value is -2.72. The molecule has 0 fully saturated rings. The maximum Gasteiger partial charge on any atom is 0.348 e. The molecule has 0 spiro atoms. The fourth-order valence-corrected chi connectivity index (χ4v) is 4.29. The second kappa shape index (κ2) is 12.4. The van der Waals surface area contributed by atoms with E-state index in [0.29, 0.717) is 9.75 Å². The summed E-state index contributed by atoms with van der Waals surface area (Å²) in [5, 5.41) is 5.46. The van der Waals surface area contributed by atoms with Crippen LogP contribution in [0.3, 0.4) is 0 Å². The average molecular weight is 481 g/mol. The summed E-state index contributed by atoms with van der Waals surface area (Å²) in [6, 6.07) is 6.77. The Morgan fingerprint density at radius 1 is 0.750 bits per heavy atom. The van der Waals surface area contributed by atoms with Crippen LogP contribution < -0.4 is 10.6 Å². The van der Waals surface area contributed by atoms with E-state index in [1.54, 1.807) is 24.3 Å². The predicted molar refractivity (Wildman–Crippen MR) is 124 cm³/mol. The molecule has 2 heterocycles. The summed E-state index contributed by atoms with van der Waals surface area (Å²) in [5.74, 6) is -1.85. The van der Waals surface area contributed by atoms with Crippen LogP contribution in [0.5, 0.6) is 0 Å². The predicted octanol–water partition coefficient (Wildman–Crippen LogP) is 3.62. The number of ether oxygens (including phenoxy) is 2. The number of nitrogens with one attached hydrogen (secondary N) is 2. The minimum atomic E-state index is -0.580. The van der Waals surface area contributed by atoms with Gasteiger partial charge in [0.05, 0.1) is 0 Å². The second-order valence-corrected chi connectivity index (χ2v) is 9.40. The van der Waals surface area contributed by atoms with E-state index < -0.39 is 11.9 Å². The Labute approximate surface area is 195 Å². The van der Waals surface area contributed by atoms with Crippen molar-refractivity contribution in [2.75, 3.05) is 13.2 Å². The number of carbonyl (C=O) groups is 4. The summed E-state index contributed by atoms with van der Waals surface area (Å²) < 4.78 is 10.1. The van der Waals surface area contributed by atoms with Crippen molar-refractivity contribution in [3.05, 3.63) is 34.0 Å². The van der Waals surface area contributed by atoms with Gasteiger partial charge in [0.1, 0.15) is 9.75 Å². The molecule has 2 rings (SSSR count). The van der Waals surface area contributed by atoms with Crippen molar-refractivity contribution < 1.29 is 28.7 Å². The van der Waals surface area contributed by atoms with Gasteiger partial charge in [-0.2, -0.15) is 0 Å². The van der Waals surface area contributed by atoms with Gasteiger partial charge in [-0.15, -0.1) is 22.7 Å². The SMILES string of the molecule is CCC(C)NC(=O)COC(=O)c1ccc(-c2ccc(C(=O)OCC(=O)NC(C)CC)s2)s1. The molecule has 2 aromatic rings. The fraction of sp³-hybridized carbons (Fsp3) is 0.455. The zero-order chi connectivity index (χ0) is 23.7. The first-order valence-corrected chi connectivity index (χ1v) is 12.0. The quantitative estimate of drug-likeness (QED) is 0.475. The van der Waals surface area contributed by atoms with Gasteiger partial charge in [0.25, 0.3) is 11.8 Å². The maximum atomic E-state index is 12.2. The Bertz CT molecular complexity index is 876. The molecule has 2 amide bonds. The van der Waals surface area contributed by atoms with Crippen molar-refractivity contribution in [3.8, 4) is 9.75 Å². The summed E-state index contributed by atoms with van der Waals surface area (Å²) >= 11 is 2.41. The molecule has 2 N–H and O–H groups in total. The Kier molecular flexibility index (Phi) is 9.86. The van der Waals surface area contributed by atoms with E-state index in [-0.39, 0.29) is 37.1 Å². The molecule has 2 atom stereocenters. The zero-order valence-electron chi connectivity index (χ0n) is 18.6. The van der Waals surface area contributed by atoms with Crippen LogP contribution in [0.1, 0.15) is 59.9 Å². The van der Waals surface area contributed by atoms with Gasteiger partial charge >= 0.3 is 11.9 Å². The van der Waals surface area contributed by atoms with Crippen LogP contribution >= 0.6 is 22.7 Å². The molecule has 0 aliphatic carbocycles. The molecule has 0 aliphatic heterocycles. The Morgan fingerprint density at radius 2 is 1.12 bits per heavy atom. The second-order valence-electron chi connectivity index (χ2n) is 7.23. The molecule has 174 valence electrons. The summed E-state index contributed by atoms with van der Waals surface area (Å²) in [5.41, 5.74) is 0. The Balaban J connectivity index is 1.89. The third-order valence-electron chi connectivity index (χ3n) is 4.57. The standard InChI is InChI=1S/C22H28N2O6S2/c1-5-13(3)23-19(25)11-29-21(27)17-9-7-15(31-17)16-8-10-18(32-16)22(28)30-12-20(26)24-14(4)6-2/h7-10,13-14H,5-6,11-12H2,1-4H3,(H,23,25)(H,24,26). The summed E-state index contributed by atoms with van der Waals surface area (Å²) in [6.07, 6.45) is 1.57. The van der Waals surface area contributed by atoms with Gasteiger partial charge in [-0.1, -0.05) is 13.8 Å². The molecule has 0 bridgehead atoms. The van der Waals surface area contributed by atoms with Gasteiger partial charge in [-0.05, 0) is 51.0 Å². The van der Waals surface area contributed by atoms with Crippen LogP contribution in [0.25, 0.3) is 9.75 Å². The topological polar surface area (TPSA) is 111 Å². The molecular formula is C22H28N2O6S2. The zero-order valence-corrected chi connectivity index (χ0v) is 20.2. The summed E-state index contributed by atoms with van der Waals surface area (Å²) in [7, 11) is 0. The fourth-order valence-electron chi connectivity index (χ4n) is 2.40. The highest BCUT2D eigenvalue weighted by Crippen LogP contribution is 2.34. The van der Waals surface area contributed by atoms with Crippen molar-refractivity contribution in [2.24, 2.45) is 0 Å². The highest BCUT2D eigenvalue weighted by molar-refractivity contribution is 7.23. The van der Waals surface area contributed by atoms with E-state index in [4.69, 9.17) is 9.47 Å². The lowest BCUT2D eigenvalue weighted by atomic mass is 10.2. The third kappa shape index (κ3) is 7.76. The van der Waals surface area contributed by atoms with Gasteiger partial charge in [-0.3, -0.25) is 9.59 Å². The van der Waals surface area contributed by atoms with Crippen molar-refractivity contribution in [1.82, 2.24) is 10.6 Å². The summed E-state index contributed by atoms with van der Waals surface area (Å²) in [6.45, 7) is 6.97. The van der Waals surface area contributed by atoms with Crippen LogP contribution in [0.15, 0.2) is 24.3 Å². The minimum Gasteiger partial charge on any atom is -0.451 e. The number of esters is 2. The van der Waals surface area contributed by atoms with Crippen molar-refractivity contribution in [3.63, 3.8) is 0 Å². The smallest absolute Gasteiger partial charge is 0.348 e. The number of thiophene rings is 2. The molecule has 0 aliphatic rings. The number of carbonyl (C=O) groups excluding carboxylic acids is 4. The van der Waals surface area contributed by atoms with Gasteiger partial charge in [0.2, 0.25) is 0 Å². The lowest BCUT2D eigenvalue weighted by molar-refractivity contribution is -0.125. The van der Waals surface area contributed by atoms with Crippen LogP contribution in [-0.4, -0.2) is 49.1 Å². The molecule has 2 unspecified atom stereocenters. The van der Waals surface area contributed by atoms with Crippen molar-refractivity contribution in [1.29, 1.82) is 0 Å². The maximum absolute atomic E-state index is 12.2. The first kappa shape index (κ1) is 25.5. The van der Waals surface area contributed by atoms with Crippen LogP contribution in [-0.2, 0) is 19.1 Å². The van der Waals surface area contributed by atoms with E-state index in [1.165, 1.54) is 22.7 Å². The van der Waals surface area contributed by atoms with Crippen molar-refractivity contribution >= 4 is 46.4 Å². The Morgan fingerprint density at radius 3 is 1.47 bits per heavy atom. The highest BCUT2D eigenvalue weighted by Gasteiger charge is 2.18. The molecule has 32 heavy (non-hydrogen) atoms. The third-order valence-corrected chi connectivity index (χ3v) is 6.89. The van der Waals surface area contributed by atoms with Crippen LogP contribution in [0, 0.1) is 0 Å². The normalized spacial score (nSPS) is 12.5. The molecule has 8 nitrogen and oxygen atoms in total. The van der Waals surface area contributed by atoms with Crippen molar-refractivity contribution in [2.45, 2.75) is 52.6 Å². The molecule has 0 saturated carbocycles. The van der Waals surface area contributed by atoms with E-state index in [1.807, 2.05) is 27.7 Å². The lowest BCUT2D eigenvalue weighted by Gasteiger charge is -2.11. The number of hydrogen-bond donors (Lipinski definition) is 2. The first-order chi connectivity index (χ1) is 15.2. The monoisotopic (exact) mass is 480 g/mol. The highest BCUT2D eigenvalue weighted by atomic mass is 32.1.